The molecule has 1 spiro atoms. The van der Waals surface area contributed by atoms with Crippen molar-refractivity contribution in [1.82, 2.24) is 24.6 Å². The molecule has 5 fully saturated rings. The Labute approximate surface area is 203 Å². The van der Waals surface area contributed by atoms with Gasteiger partial charge in [-0.15, -0.1) is 10.2 Å². The fourth-order valence-corrected chi connectivity index (χ4v) is 7.12. The number of fused-ring (bicyclic) bond motifs is 1. The first-order valence-corrected chi connectivity index (χ1v) is 12.9. The summed E-state index contributed by atoms with van der Waals surface area (Å²) in [6.07, 6.45) is 8.54. The zero-order valence-electron chi connectivity index (χ0n) is 19.1. The highest BCUT2D eigenvalue weighted by Gasteiger charge is 2.56. The fourth-order valence-electron chi connectivity index (χ4n) is 6.91. The van der Waals surface area contributed by atoms with Crippen molar-refractivity contribution < 1.29 is 13.9 Å². The zero-order chi connectivity index (χ0) is 23.0. The van der Waals surface area contributed by atoms with Crippen LogP contribution in [-0.2, 0) is 0 Å². The molecule has 7 nitrogen and oxygen atoms in total. The Hall–Kier alpha value is -2.35. The second-order valence-electron chi connectivity index (χ2n) is 11.3. The maximum Gasteiger partial charge on any atom is 0.320 e. The van der Waals surface area contributed by atoms with Crippen LogP contribution in [0, 0.1) is 23.1 Å². The zero-order valence-corrected chi connectivity index (χ0v) is 19.8. The van der Waals surface area contributed by atoms with Gasteiger partial charge >= 0.3 is 6.03 Å². The molecule has 1 aromatic carbocycles. The number of rotatable bonds is 4. The first kappa shape index (κ1) is 21.0. The second-order valence-corrected chi connectivity index (χ2v) is 11.7. The smallest absolute Gasteiger partial charge is 0.320 e. The van der Waals surface area contributed by atoms with Crippen molar-refractivity contribution in [1.29, 1.82) is 0 Å². The molecule has 2 amide bonds. The Morgan fingerprint density at radius 3 is 2.53 bits per heavy atom. The quantitative estimate of drug-likeness (QED) is 0.640. The number of carbonyl (C=O) groups is 1. The van der Waals surface area contributed by atoms with Gasteiger partial charge in [-0.1, -0.05) is 11.6 Å². The number of amides is 2. The molecule has 2 saturated heterocycles. The van der Waals surface area contributed by atoms with E-state index in [9.17, 15) is 9.18 Å². The van der Waals surface area contributed by atoms with E-state index in [1.165, 1.54) is 30.8 Å². The summed E-state index contributed by atoms with van der Waals surface area (Å²) < 4.78 is 21.6. The summed E-state index contributed by atoms with van der Waals surface area (Å²) in [5.41, 5.74) is 0.300. The van der Waals surface area contributed by atoms with Crippen LogP contribution in [0.2, 0.25) is 5.02 Å². The third-order valence-corrected chi connectivity index (χ3v) is 9.06. The number of urea groups is 1. The first-order valence-electron chi connectivity index (χ1n) is 12.5. The normalized spacial score (nSPS) is 29.8. The van der Waals surface area contributed by atoms with Crippen molar-refractivity contribution in [2.24, 2.45) is 17.3 Å². The third kappa shape index (κ3) is 3.48. The lowest BCUT2D eigenvalue weighted by molar-refractivity contribution is -0.0712. The Kier molecular flexibility index (Phi) is 4.67. The molecule has 0 radical (unpaired) electrons. The molecule has 3 heterocycles. The average molecular weight is 486 g/mol. The Balaban J connectivity index is 0.895. The largest absolute Gasteiger partial charge is 0.489 e. The van der Waals surface area contributed by atoms with Gasteiger partial charge in [-0.3, -0.25) is 0 Å². The lowest BCUT2D eigenvalue weighted by Gasteiger charge is -2.59. The van der Waals surface area contributed by atoms with Gasteiger partial charge in [-0.05, 0) is 68.6 Å². The van der Waals surface area contributed by atoms with Crippen LogP contribution in [0.15, 0.2) is 24.5 Å². The summed E-state index contributed by atoms with van der Waals surface area (Å²) in [5.74, 6) is 2.89. The number of carbonyl (C=O) groups excluding carboxylic acids is 1. The third-order valence-electron chi connectivity index (χ3n) is 8.76. The van der Waals surface area contributed by atoms with Gasteiger partial charge in [-0.25, -0.2) is 9.18 Å². The first-order chi connectivity index (χ1) is 16.5. The number of hydrogen-bond donors (Lipinski definition) is 0. The number of ether oxygens (including phenoxy) is 1. The van der Waals surface area contributed by atoms with Crippen LogP contribution < -0.4 is 4.74 Å². The van der Waals surface area contributed by atoms with Gasteiger partial charge in [0.2, 0.25) is 0 Å². The molecule has 0 bridgehead atoms. The molecule has 3 aliphatic carbocycles. The number of halogens is 2. The van der Waals surface area contributed by atoms with E-state index in [4.69, 9.17) is 16.3 Å². The van der Waals surface area contributed by atoms with E-state index < -0.39 is 0 Å². The molecular weight excluding hydrogens is 457 g/mol. The molecule has 5 aliphatic rings. The van der Waals surface area contributed by atoms with Crippen LogP contribution in [0.1, 0.15) is 56.3 Å². The van der Waals surface area contributed by atoms with Crippen LogP contribution in [0.4, 0.5) is 9.18 Å². The van der Waals surface area contributed by atoms with E-state index >= 15 is 0 Å². The van der Waals surface area contributed by atoms with E-state index in [1.807, 2.05) is 16.1 Å². The van der Waals surface area contributed by atoms with Gasteiger partial charge in [-0.2, -0.15) is 0 Å². The van der Waals surface area contributed by atoms with Crippen LogP contribution >= 0.6 is 11.6 Å². The lowest BCUT2D eigenvalue weighted by atomic mass is 9.60. The van der Waals surface area contributed by atoms with Crippen LogP contribution in [0.3, 0.4) is 0 Å². The minimum atomic E-state index is -0.360. The van der Waals surface area contributed by atoms with Gasteiger partial charge < -0.3 is 19.1 Å². The molecule has 34 heavy (non-hydrogen) atoms. The molecule has 1 aromatic heterocycles. The number of likely N-dealkylation sites (tertiary alicyclic amines) is 2. The number of benzene rings is 1. The van der Waals surface area contributed by atoms with Crippen molar-refractivity contribution in [2.75, 3.05) is 26.2 Å². The highest BCUT2D eigenvalue weighted by molar-refractivity contribution is 6.32. The number of hydrogen-bond acceptors (Lipinski definition) is 4. The number of nitrogens with zero attached hydrogens (tertiary/aromatic N) is 5. The van der Waals surface area contributed by atoms with Crippen molar-refractivity contribution in [3.8, 4) is 5.75 Å². The van der Waals surface area contributed by atoms with Gasteiger partial charge in [0.1, 0.15) is 23.7 Å². The van der Waals surface area contributed by atoms with Crippen molar-refractivity contribution in [3.05, 3.63) is 41.2 Å². The highest BCUT2D eigenvalue weighted by atomic mass is 35.5. The molecule has 7 rings (SSSR count). The summed E-state index contributed by atoms with van der Waals surface area (Å²) in [6.45, 7) is 3.36. The Morgan fingerprint density at radius 1 is 1.12 bits per heavy atom. The molecular formula is C25H29ClFN5O2. The van der Waals surface area contributed by atoms with E-state index in [2.05, 4.69) is 14.8 Å². The summed E-state index contributed by atoms with van der Waals surface area (Å²) in [7, 11) is 0. The molecule has 0 N–H and O–H groups in total. The van der Waals surface area contributed by atoms with E-state index in [1.54, 1.807) is 6.07 Å². The highest BCUT2D eigenvalue weighted by Crippen LogP contribution is 2.55. The molecule has 2 aromatic rings. The predicted octanol–water partition coefficient (Wildman–Crippen LogP) is 4.49. The summed E-state index contributed by atoms with van der Waals surface area (Å²) >= 11 is 6.12. The molecule has 2 aliphatic heterocycles. The van der Waals surface area contributed by atoms with E-state index in [0.717, 1.165) is 51.9 Å². The SMILES string of the molecule is O=C(N1CC2CC(Oc3ccc(F)cc3Cl)CC2C1)N1CC2(CC(n3cnnc3C3CC3)C2)C1. The second kappa shape index (κ2) is 7.57. The van der Waals surface area contributed by atoms with Crippen LogP contribution in [0.25, 0.3) is 0 Å². The van der Waals surface area contributed by atoms with E-state index in [-0.39, 0.29) is 18.0 Å². The van der Waals surface area contributed by atoms with Crippen molar-refractivity contribution in [3.63, 3.8) is 0 Å². The maximum absolute atomic E-state index is 13.3. The predicted molar refractivity (Wildman–Crippen MR) is 123 cm³/mol. The van der Waals surface area contributed by atoms with Crippen LogP contribution in [0.5, 0.6) is 5.75 Å². The molecule has 180 valence electrons. The topological polar surface area (TPSA) is 63.5 Å². The Bertz CT molecular complexity index is 1110. The molecule has 9 heteroatoms. The van der Waals surface area contributed by atoms with Crippen LogP contribution in [-0.4, -0.2) is 62.9 Å². The van der Waals surface area contributed by atoms with Crippen molar-refractivity contribution in [2.45, 2.75) is 56.6 Å². The molecule has 3 saturated carbocycles. The summed E-state index contributed by atoms with van der Waals surface area (Å²) in [6, 6.07) is 4.96. The van der Waals surface area contributed by atoms with Gasteiger partial charge in [0.05, 0.1) is 11.1 Å². The van der Waals surface area contributed by atoms with Crippen molar-refractivity contribution >= 4 is 17.6 Å². The standard InChI is InChI=1S/C25H29ClFN5O2/c26-21-7-18(27)3-4-22(21)34-20-5-16-10-30(11-17(16)6-20)24(33)31-12-25(13-31)8-19(9-25)32-14-28-29-23(32)15-1-2-15/h3-4,7,14-17,19-20H,1-2,5-6,8-13H2. The summed E-state index contributed by atoms with van der Waals surface area (Å²) in [5, 5.41) is 8.80. The maximum atomic E-state index is 13.3. The van der Waals surface area contributed by atoms with Gasteiger partial charge in [0.25, 0.3) is 0 Å². The summed E-state index contributed by atoms with van der Waals surface area (Å²) in [4.78, 5) is 17.2. The number of aromatic nitrogens is 3. The average Bonchev–Trinajstić information content (AvgIpc) is 3.16. The van der Waals surface area contributed by atoms with Gasteiger partial charge in [0.15, 0.2) is 0 Å². The monoisotopic (exact) mass is 485 g/mol. The Morgan fingerprint density at radius 2 is 1.85 bits per heavy atom. The molecule has 2 unspecified atom stereocenters. The lowest BCUT2D eigenvalue weighted by Crippen LogP contribution is -2.65. The minimum absolute atomic E-state index is 0.0765. The molecule has 2 atom stereocenters. The van der Waals surface area contributed by atoms with E-state index in [0.29, 0.717) is 40.0 Å². The minimum Gasteiger partial charge on any atom is -0.489 e. The van der Waals surface area contributed by atoms with Gasteiger partial charge in [0, 0.05) is 43.6 Å². The fraction of sp³-hybridized carbons (Fsp3) is 0.640.